The molecule has 2 aromatic heterocycles. The third-order valence-corrected chi connectivity index (χ3v) is 3.02. The molecule has 0 unspecified atom stereocenters. The summed E-state index contributed by atoms with van der Waals surface area (Å²) in [5.74, 6) is 0.565. The third-order valence-electron chi connectivity index (χ3n) is 2.61. The molecule has 0 bridgehead atoms. The molecule has 0 spiro atoms. The van der Waals surface area contributed by atoms with Crippen molar-refractivity contribution in [3.63, 3.8) is 0 Å². The number of pyridine rings is 1. The van der Waals surface area contributed by atoms with Crippen LogP contribution in [0.4, 0.5) is 0 Å². The van der Waals surface area contributed by atoms with E-state index in [0.29, 0.717) is 10.9 Å². The molecule has 3 aromatic rings. The lowest BCUT2D eigenvalue weighted by Crippen LogP contribution is -1.80. The minimum absolute atomic E-state index is 0.565. The summed E-state index contributed by atoms with van der Waals surface area (Å²) in [6.45, 7) is 1.96. The summed E-state index contributed by atoms with van der Waals surface area (Å²) >= 11 is 6.08. The Bertz CT molecular complexity index is 658. The molecule has 1 aromatic carbocycles. The Morgan fingerprint density at radius 1 is 1.24 bits per heavy atom. The van der Waals surface area contributed by atoms with E-state index in [4.69, 9.17) is 16.0 Å². The van der Waals surface area contributed by atoms with Crippen molar-refractivity contribution in [2.45, 2.75) is 6.92 Å². The lowest BCUT2D eigenvalue weighted by Gasteiger charge is -1.99. The number of fused-ring (bicyclic) bond motifs is 1. The summed E-state index contributed by atoms with van der Waals surface area (Å²) in [5.41, 5.74) is 3.39. The fraction of sp³-hybridized carbons (Fsp3) is 0.0769. The summed E-state index contributed by atoms with van der Waals surface area (Å²) in [5, 5.41) is 0.711. The number of rotatable bonds is 1. The molecule has 17 heavy (non-hydrogen) atoms. The van der Waals surface area contributed by atoms with Crippen LogP contribution in [0, 0.1) is 6.92 Å². The second kappa shape index (κ2) is 3.86. The summed E-state index contributed by atoms with van der Waals surface area (Å²) in [6.07, 6.45) is 3.36. The molecule has 0 aliphatic heterocycles. The number of aromatic nitrogens is 2. The van der Waals surface area contributed by atoms with E-state index < -0.39 is 0 Å². The molecule has 0 saturated carbocycles. The van der Waals surface area contributed by atoms with E-state index in [1.165, 1.54) is 0 Å². The summed E-state index contributed by atoms with van der Waals surface area (Å²) in [7, 11) is 0. The molecule has 3 rings (SSSR count). The predicted molar refractivity (Wildman–Crippen MR) is 67.0 cm³/mol. The van der Waals surface area contributed by atoms with Gasteiger partial charge in [-0.15, -0.1) is 0 Å². The Hall–Kier alpha value is -1.87. The van der Waals surface area contributed by atoms with Crippen LogP contribution in [0.15, 0.2) is 41.1 Å². The molecular formula is C13H9ClN2O. The molecular weight excluding hydrogens is 236 g/mol. The van der Waals surface area contributed by atoms with Crippen molar-refractivity contribution in [1.29, 1.82) is 0 Å². The molecule has 3 nitrogen and oxygen atoms in total. The second-order valence-corrected chi connectivity index (χ2v) is 4.23. The van der Waals surface area contributed by atoms with Gasteiger partial charge in [-0.2, -0.15) is 0 Å². The molecule has 2 heterocycles. The molecule has 0 fully saturated rings. The average Bonchev–Trinajstić information content (AvgIpc) is 2.76. The zero-order valence-electron chi connectivity index (χ0n) is 9.14. The maximum atomic E-state index is 6.08. The van der Waals surface area contributed by atoms with E-state index in [-0.39, 0.29) is 0 Å². The molecule has 0 radical (unpaired) electrons. The summed E-state index contributed by atoms with van der Waals surface area (Å²) < 4.78 is 5.64. The SMILES string of the molecule is Cc1ccc(-c2nc3cnccc3o2)cc1Cl. The number of hydrogen-bond acceptors (Lipinski definition) is 3. The van der Waals surface area contributed by atoms with Crippen LogP contribution in [0.5, 0.6) is 0 Å². The van der Waals surface area contributed by atoms with Gasteiger partial charge in [-0.1, -0.05) is 17.7 Å². The number of benzene rings is 1. The molecule has 0 saturated heterocycles. The number of halogens is 1. The fourth-order valence-corrected chi connectivity index (χ4v) is 1.81. The lowest BCUT2D eigenvalue weighted by atomic mass is 10.1. The molecule has 0 atom stereocenters. The van der Waals surface area contributed by atoms with Crippen LogP contribution >= 0.6 is 11.6 Å². The highest BCUT2D eigenvalue weighted by atomic mass is 35.5. The van der Waals surface area contributed by atoms with Gasteiger partial charge in [0.1, 0.15) is 5.52 Å². The standard InChI is InChI=1S/C13H9ClN2O/c1-8-2-3-9(6-10(8)14)13-16-11-7-15-5-4-12(11)17-13/h2-7H,1H3. The monoisotopic (exact) mass is 244 g/mol. The molecule has 0 aliphatic carbocycles. The van der Waals surface area contributed by atoms with E-state index in [1.54, 1.807) is 18.5 Å². The van der Waals surface area contributed by atoms with E-state index >= 15 is 0 Å². The molecule has 0 aliphatic rings. The maximum Gasteiger partial charge on any atom is 0.227 e. The van der Waals surface area contributed by atoms with Crippen molar-refractivity contribution < 1.29 is 4.42 Å². The Labute approximate surface area is 103 Å². The van der Waals surface area contributed by atoms with Crippen molar-refractivity contribution in [2.24, 2.45) is 0 Å². The van der Waals surface area contributed by atoms with Crippen molar-refractivity contribution in [2.75, 3.05) is 0 Å². The smallest absolute Gasteiger partial charge is 0.227 e. The number of oxazole rings is 1. The van der Waals surface area contributed by atoms with Crippen LogP contribution in [-0.2, 0) is 0 Å². The van der Waals surface area contributed by atoms with E-state index in [2.05, 4.69) is 9.97 Å². The van der Waals surface area contributed by atoms with Crippen molar-refractivity contribution in [1.82, 2.24) is 9.97 Å². The Morgan fingerprint density at radius 2 is 2.12 bits per heavy atom. The van der Waals surface area contributed by atoms with Crippen LogP contribution < -0.4 is 0 Å². The van der Waals surface area contributed by atoms with Crippen LogP contribution in [0.2, 0.25) is 5.02 Å². The van der Waals surface area contributed by atoms with Gasteiger partial charge >= 0.3 is 0 Å². The van der Waals surface area contributed by atoms with E-state index in [0.717, 1.165) is 22.2 Å². The van der Waals surface area contributed by atoms with Gasteiger partial charge in [0.15, 0.2) is 5.58 Å². The zero-order chi connectivity index (χ0) is 11.8. The number of hydrogen-bond donors (Lipinski definition) is 0. The van der Waals surface area contributed by atoms with Crippen molar-refractivity contribution in [3.8, 4) is 11.5 Å². The molecule has 84 valence electrons. The largest absolute Gasteiger partial charge is 0.436 e. The minimum atomic E-state index is 0.565. The summed E-state index contributed by atoms with van der Waals surface area (Å²) in [6, 6.07) is 7.54. The van der Waals surface area contributed by atoms with Crippen LogP contribution in [0.3, 0.4) is 0 Å². The van der Waals surface area contributed by atoms with Gasteiger partial charge in [-0.3, -0.25) is 4.98 Å². The van der Waals surface area contributed by atoms with Crippen LogP contribution in [0.25, 0.3) is 22.6 Å². The number of aryl methyl sites for hydroxylation is 1. The summed E-state index contributed by atoms with van der Waals surface area (Å²) in [4.78, 5) is 8.37. The van der Waals surface area contributed by atoms with Crippen LogP contribution in [-0.4, -0.2) is 9.97 Å². The van der Waals surface area contributed by atoms with Gasteiger partial charge < -0.3 is 4.42 Å². The predicted octanol–water partition coefficient (Wildman–Crippen LogP) is 3.85. The van der Waals surface area contributed by atoms with Gasteiger partial charge in [0.2, 0.25) is 5.89 Å². The fourth-order valence-electron chi connectivity index (χ4n) is 1.63. The van der Waals surface area contributed by atoms with Gasteiger partial charge in [-0.05, 0) is 24.6 Å². The van der Waals surface area contributed by atoms with E-state index in [9.17, 15) is 0 Å². The Kier molecular flexibility index (Phi) is 2.34. The van der Waals surface area contributed by atoms with Gasteiger partial charge in [0.25, 0.3) is 0 Å². The average molecular weight is 245 g/mol. The van der Waals surface area contributed by atoms with Gasteiger partial charge in [-0.25, -0.2) is 4.98 Å². The first kappa shape index (κ1) is 10.3. The molecule has 0 N–H and O–H groups in total. The topological polar surface area (TPSA) is 38.9 Å². The normalized spacial score (nSPS) is 10.9. The first-order valence-corrected chi connectivity index (χ1v) is 5.59. The van der Waals surface area contributed by atoms with Crippen LogP contribution in [0.1, 0.15) is 5.56 Å². The Balaban J connectivity index is 2.17. The van der Waals surface area contributed by atoms with E-state index in [1.807, 2.05) is 25.1 Å². The minimum Gasteiger partial charge on any atom is -0.436 e. The van der Waals surface area contributed by atoms with Crippen molar-refractivity contribution in [3.05, 3.63) is 47.2 Å². The number of nitrogens with zero attached hydrogens (tertiary/aromatic N) is 2. The Morgan fingerprint density at radius 3 is 2.88 bits per heavy atom. The van der Waals surface area contributed by atoms with Crippen molar-refractivity contribution >= 4 is 22.7 Å². The third kappa shape index (κ3) is 1.78. The van der Waals surface area contributed by atoms with Gasteiger partial charge in [0.05, 0.1) is 6.20 Å². The lowest BCUT2D eigenvalue weighted by molar-refractivity contribution is 0.619. The zero-order valence-corrected chi connectivity index (χ0v) is 9.90. The highest BCUT2D eigenvalue weighted by molar-refractivity contribution is 6.31. The highest BCUT2D eigenvalue weighted by Crippen LogP contribution is 2.27. The second-order valence-electron chi connectivity index (χ2n) is 3.83. The molecule has 0 amide bonds. The first-order valence-electron chi connectivity index (χ1n) is 5.21. The quantitative estimate of drug-likeness (QED) is 0.653. The first-order chi connectivity index (χ1) is 8.24. The van der Waals surface area contributed by atoms with Gasteiger partial charge in [0, 0.05) is 22.8 Å². The highest BCUT2D eigenvalue weighted by Gasteiger charge is 2.08. The molecule has 4 heteroatoms. The maximum absolute atomic E-state index is 6.08.